The standard InChI is InChI=1S/C19H21NO7S2/c1-11-5-7-13(8-6-11)29(24,25)10-9-14(21)20-17-15(18(22)26-3)12(2)16(28-17)19(23)27-4/h5-8H,9-10H2,1-4H3,(H,20,21). The molecule has 156 valence electrons. The summed E-state index contributed by atoms with van der Waals surface area (Å²) in [6.45, 7) is 3.38. The van der Waals surface area contributed by atoms with Crippen molar-refractivity contribution >= 4 is 44.0 Å². The van der Waals surface area contributed by atoms with E-state index in [2.05, 4.69) is 10.1 Å². The molecule has 1 N–H and O–H groups in total. The second-order valence-electron chi connectivity index (χ2n) is 6.17. The van der Waals surface area contributed by atoms with Gasteiger partial charge in [0.2, 0.25) is 5.91 Å². The van der Waals surface area contributed by atoms with Crippen molar-refractivity contribution in [3.8, 4) is 0 Å². The maximum Gasteiger partial charge on any atom is 0.348 e. The Hall–Kier alpha value is -2.72. The van der Waals surface area contributed by atoms with Gasteiger partial charge in [0.05, 0.1) is 30.4 Å². The number of thiophene rings is 1. The summed E-state index contributed by atoms with van der Waals surface area (Å²) in [6.07, 6.45) is -0.318. The van der Waals surface area contributed by atoms with E-state index in [9.17, 15) is 22.8 Å². The Balaban J connectivity index is 2.19. The van der Waals surface area contributed by atoms with Crippen LogP contribution in [0.15, 0.2) is 29.2 Å². The van der Waals surface area contributed by atoms with Gasteiger partial charge in [-0.1, -0.05) is 17.7 Å². The maximum absolute atomic E-state index is 12.4. The molecule has 0 fully saturated rings. The van der Waals surface area contributed by atoms with Gasteiger partial charge in [-0.3, -0.25) is 4.79 Å². The zero-order chi connectivity index (χ0) is 21.8. The fourth-order valence-electron chi connectivity index (χ4n) is 2.52. The number of carbonyl (C=O) groups excluding carboxylic acids is 3. The highest BCUT2D eigenvalue weighted by atomic mass is 32.2. The van der Waals surface area contributed by atoms with Gasteiger partial charge < -0.3 is 14.8 Å². The Labute approximate surface area is 172 Å². The lowest BCUT2D eigenvalue weighted by Gasteiger charge is -2.07. The van der Waals surface area contributed by atoms with E-state index in [1.54, 1.807) is 12.1 Å². The van der Waals surface area contributed by atoms with Crippen LogP contribution >= 0.6 is 11.3 Å². The molecule has 0 spiro atoms. The minimum atomic E-state index is -3.64. The molecule has 1 heterocycles. The summed E-state index contributed by atoms with van der Waals surface area (Å²) < 4.78 is 34.2. The second kappa shape index (κ2) is 9.19. The van der Waals surface area contributed by atoms with Crippen LogP contribution in [0.5, 0.6) is 0 Å². The fourth-order valence-corrected chi connectivity index (χ4v) is 4.89. The van der Waals surface area contributed by atoms with E-state index in [-0.39, 0.29) is 26.8 Å². The number of amides is 1. The molecule has 2 aromatic rings. The Bertz CT molecular complexity index is 1040. The molecule has 1 amide bonds. The molecule has 0 aliphatic heterocycles. The number of nitrogens with one attached hydrogen (secondary N) is 1. The summed E-state index contributed by atoms with van der Waals surface area (Å²) in [5, 5.41) is 2.61. The van der Waals surface area contributed by atoms with E-state index in [1.807, 2.05) is 6.92 Å². The van der Waals surface area contributed by atoms with E-state index in [1.165, 1.54) is 33.3 Å². The quantitative estimate of drug-likeness (QED) is 0.660. The molecule has 0 saturated heterocycles. The fraction of sp³-hybridized carbons (Fsp3) is 0.316. The van der Waals surface area contributed by atoms with Gasteiger partial charge in [-0.05, 0) is 31.5 Å². The monoisotopic (exact) mass is 439 g/mol. The Kier molecular flexibility index (Phi) is 7.15. The molecular weight excluding hydrogens is 418 g/mol. The topological polar surface area (TPSA) is 116 Å². The molecule has 0 atom stereocenters. The predicted octanol–water partition coefficient (Wildman–Crippen LogP) is 2.74. The lowest BCUT2D eigenvalue weighted by Crippen LogP contribution is -2.18. The number of aryl methyl sites for hydroxylation is 1. The first-order valence-corrected chi connectivity index (χ1v) is 11.0. The number of methoxy groups -OCH3 is 2. The number of carbonyl (C=O) groups is 3. The zero-order valence-corrected chi connectivity index (χ0v) is 18.0. The van der Waals surface area contributed by atoms with Gasteiger partial charge in [0, 0.05) is 6.42 Å². The predicted molar refractivity (Wildman–Crippen MR) is 108 cm³/mol. The van der Waals surface area contributed by atoms with Crippen LogP contribution in [0.2, 0.25) is 0 Å². The molecule has 0 aliphatic carbocycles. The van der Waals surface area contributed by atoms with E-state index < -0.39 is 33.4 Å². The first kappa shape index (κ1) is 22.6. The average molecular weight is 440 g/mol. The summed E-state index contributed by atoms with van der Waals surface area (Å²) in [7, 11) is -1.26. The van der Waals surface area contributed by atoms with Crippen LogP contribution in [0.1, 0.15) is 37.6 Å². The van der Waals surface area contributed by atoms with Gasteiger partial charge in [0.1, 0.15) is 9.88 Å². The summed E-state index contributed by atoms with van der Waals surface area (Å²) in [5.41, 5.74) is 1.27. The van der Waals surface area contributed by atoms with Crippen LogP contribution < -0.4 is 5.32 Å². The average Bonchev–Trinajstić information content (AvgIpc) is 3.01. The highest BCUT2D eigenvalue weighted by Crippen LogP contribution is 2.34. The minimum Gasteiger partial charge on any atom is -0.465 e. The SMILES string of the molecule is COC(=O)c1sc(NC(=O)CCS(=O)(=O)c2ccc(C)cc2)c(C(=O)OC)c1C. The first-order chi connectivity index (χ1) is 13.6. The third kappa shape index (κ3) is 5.21. The van der Waals surface area contributed by atoms with Crippen molar-refractivity contribution in [2.45, 2.75) is 25.2 Å². The molecule has 10 heteroatoms. The van der Waals surface area contributed by atoms with Crippen LogP contribution in [0.3, 0.4) is 0 Å². The maximum atomic E-state index is 12.4. The van der Waals surface area contributed by atoms with Crippen LogP contribution in [0.25, 0.3) is 0 Å². The normalized spacial score (nSPS) is 11.0. The first-order valence-electron chi connectivity index (χ1n) is 8.50. The van der Waals surface area contributed by atoms with Gasteiger partial charge in [0.25, 0.3) is 0 Å². The van der Waals surface area contributed by atoms with Gasteiger partial charge >= 0.3 is 11.9 Å². The third-order valence-electron chi connectivity index (χ3n) is 4.14. The summed E-state index contributed by atoms with van der Waals surface area (Å²) in [6, 6.07) is 6.34. The summed E-state index contributed by atoms with van der Waals surface area (Å²) in [4.78, 5) is 36.6. The third-order valence-corrected chi connectivity index (χ3v) is 7.06. The smallest absolute Gasteiger partial charge is 0.348 e. The Morgan fingerprint density at radius 1 is 1.00 bits per heavy atom. The molecule has 2 rings (SSSR count). The molecular formula is C19H21NO7S2. The van der Waals surface area contributed by atoms with Crippen LogP contribution in [-0.4, -0.2) is 46.2 Å². The van der Waals surface area contributed by atoms with E-state index in [0.717, 1.165) is 16.9 Å². The number of sulfone groups is 1. The summed E-state index contributed by atoms with van der Waals surface area (Å²) >= 11 is 0.865. The van der Waals surface area contributed by atoms with E-state index >= 15 is 0 Å². The number of benzene rings is 1. The van der Waals surface area contributed by atoms with Crippen molar-refractivity contribution < 1.29 is 32.3 Å². The lowest BCUT2D eigenvalue weighted by molar-refractivity contribution is -0.115. The van der Waals surface area contributed by atoms with Crippen LogP contribution in [0.4, 0.5) is 5.00 Å². The van der Waals surface area contributed by atoms with Crippen molar-refractivity contribution in [3.63, 3.8) is 0 Å². The van der Waals surface area contributed by atoms with Gasteiger partial charge in [-0.2, -0.15) is 0 Å². The molecule has 8 nitrogen and oxygen atoms in total. The van der Waals surface area contributed by atoms with Crippen LogP contribution in [0, 0.1) is 13.8 Å². The molecule has 29 heavy (non-hydrogen) atoms. The Morgan fingerprint density at radius 2 is 1.59 bits per heavy atom. The second-order valence-corrected chi connectivity index (χ2v) is 9.30. The van der Waals surface area contributed by atoms with Crippen molar-refractivity contribution in [3.05, 3.63) is 45.8 Å². The van der Waals surface area contributed by atoms with Gasteiger partial charge in [0.15, 0.2) is 9.84 Å². The molecule has 1 aromatic heterocycles. The van der Waals surface area contributed by atoms with Crippen LogP contribution in [-0.2, 0) is 24.1 Å². The van der Waals surface area contributed by atoms with Crippen molar-refractivity contribution in [2.24, 2.45) is 0 Å². The Morgan fingerprint density at radius 3 is 2.14 bits per heavy atom. The number of hydrogen-bond acceptors (Lipinski definition) is 8. The van der Waals surface area contributed by atoms with E-state index in [0.29, 0.717) is 5.56 Å². The van der Waals surface area contributed by atoms with Crippen molar-refractivity contribution in [1.29, 1.82) is 0 Å². The van der Waals surface area contributed by atoms with Gasteiger partial charge in [-0.25, -0.2) is 18.0 Å². The van der Waals surface area contributed by atoms with Crippen molar-refractivity contribution in [1.82, 2.24) is 0 Å². The van der Waals surface area contributed by atoms with E-state index in [4.69, 9.17) is 4.74 Å². The highest BCUT2D eigenvalue weighted by Gasteiger charge is 2.27. The molecule has 0 aliphatic rings. The largest absolute Gasteiger partial charge is 0.465 e. The van der Waals surface area contributed by atoms with Crippen molar-refractivity contribution in [2.75, 3.05) is 25.3 Å². The number of hydrogen-bond donors (Lipinski definition) is 1. The number of ether oxygens (including phenoxy) is 2. The molecule has 0 bridgehead atoms. The summed E-state index contributed by atoms with van der Waals surface area (Å²) in [5.74, 6) is -2.39. The highest BCUT2D eigenvalue weighted by molar-refractivity contribution is 7.91. The van der Waals surface area contributed by atoms with Gasteiger partial charge in [-0.15, -0.1) is 11.3 Å². The molecule has 1 aromatic carbocycles. The molecule has 0 saturated carbocycles. The zero-order valence-electron chi connectivity index (χ0n) is 16.4. The molecule has 0 radical (unpaired) electrons. The molecule has 0 unspecified atom stereocenters. The number of esters is 2. The number of anilines is 1. The lowest BCUT2D eigenvalue weighted by atomic mass is 10.1. The number of rotatable bonds is 7. The minimum absolute atomic E-state index is 0.0349.